The second-order valence-corrected chi connectivity index (χ2v) is 11.4. The number of ether oxygens (including phenoxy) is 1. The summed E-state index contributed by atoms with van der Waals surface area (Å²) in [6, 6.07) is 10.00. The molecule has 3 aromatic rings. The van der Waals surface area contributed by atoms with Crippen LogP contribution in [0.1, 0.15) is 83.5 Å². The van der Waals surface area contributed by atoms with E-state index in [9.17, 15) is 18.0 Å². The normalized spacial score (nSPS) is 20.4. The van der Waals surface area contributed by atoms with Gasteiger partial charge in [0.2, 0.25) is 0 Å². The molecule has 39 heavy (non-hydrogen) atoms. The number of hydrogen-bond acceptors (Lipinski definition) is 5. The average molecular weight is 540 g/mol. The van der Waals surface area contributed by atoms with E-state index in [2.05, 4.69) is 22.4 Å². The highest BCUT2D eigenvalue weighted by atomic mass is 19.4. The Morgan fingerprint density at radius 1 is 1.15 bits per heavy atom. The molecule has 1 aliphatic carbocycles. The Labute approximate surface area is 225 Å². The molecule has 2 atom stereocenters. The second kappa shape index (κ2) is 9.45. The molecule has 10 heteroatoms. The molecule has 1 saturated heterocycles. The number of benzene rings is 2. The van der Waals surface area contributed by atoms with Crippen molar-refractivity contribution >= 4 is 11.6 Å². The van der Waals surface area contributed by atoms with Crippen molar-refractivity contribution in [3.8, 4) is 0 Å². The number of hydrogen-bond donors (Lipinski definition) is 1. The summed E-state index contributed by atoms with van der Waals surface area (Å²) in [6.07, 6.45) is 0.147. The lowest BCUT2D eigenvalue weighted by Gasteiger charge is -2.42. The van der Waals surface area contributed by atoms with Crippen LogP contribution in [0.3, 0.4) is 0 Å². The number of carbonyl (C=O) groups is 1. The summed E-state index contributed by atoms with van der Waals surface area (Å²) >= 11 is 0. The van der Waals surface area contributed by atoms with E-state index in [1.165, 1.54) is 11.0 Å². The van der Waals surface area contributed by atoms with Crippen molar-refractivity contribution in [1.82, 2.24) is 20.1 Å². The third-order valence-corrected chi connectivity index (χ3v) is 8.59. The lowest BCUT2D eigenvalue weighted by Crippen LogP contribution is -2.49. The molecule has 1 amide bonds. The number of carbonyl (C=O) groups excluding carboxylic acids is 1. The van der Waals surface area contributed by atoms with Gasteiger partial charge in [-0.1, -0.05) is 12.1 Å². The van der Waals surface area contributed by atoms with Crippen molar-refractivity contribution in [3.05, 3.63) is 76.4 Å². The van der Waals surface area contributed by atoms with Gasteiger partial charge in [0.1, 0.15) is 12.2 Å². The van der Waals surface area contributed by atoms with E-state index in [0.717, 1.165) is 30.7 Å². The summed E-state index contributed by atoms with van der Waals surface area (Å²) in [4.78, 5) is 15.1. The first kappa shape index (κ1) is 26.0. The molecule has 2 fully saturated rings. The Morgan fingerprint density at radius 3 is 2.51 bits per heavy atom. The maximum Gasteiger partial charge on any atom is 0.416 e. The van der Waals surface area contributed by atoms with Crippen molar-refractivity contribution in [2.24, 2.45) is 13.0 Å². The number of halogens is 3. The van der Waals surface area contributed by atoms with Gasteiger partial charge in [0.15, 0.2) is 0 Å². The van der Waals surface area contributed by atoms with Crippen LogP contribution in [0.5, 0.6) is 0 Å². The smallest absolute Gasteiger partial charge is 0.381 e. The molecule has 1 N–H and O–H groups in total. The standard InChI is InChI=1S/C29H32F3N5O2/c1-17(34-28(2)8-5-9-28)19-11-22-23(24(12-19)29(30,31)32)13-37(27(22)38)21-7-4-6-18(10-21)25(20-14-39-15-20)26-35-33-16-36(26)3/h4,6-7,10-12,16-17,20,25,34H,5,8-9,13-15H2,1-3H3/t17-,25+/m0/s1. The van der Waals surface area contributed by atoms with Crippen LogP contribution in [0.4, 0.5) is 18.9 Å². The van der Waals surface area contributed by atoms with Crippen molar-refractivity contribution in [2.75, 3.05) is 18.1 Å². The molecule has 0 spiro atoms. The minimum absolute atomic E-state index is 0.0287. The topological polar surface area (TPSA) is 72.3 Å². The zero-order chi connectivity index (χ0) is 27.5. The molecule has 6 rings (SSSR count). The number of aryl methyl sites for hydroxylation is 1. The molecule has 0 bridgehead atoms. The molecule has 0 unspecified atom stereocenters. The van der Waals surface area contributed by atoms with Crippen molar-refractivity contribution < 1.29 is 22.7 Å². The second-order valence-electron chi connectivity index (χ2n) is 11.4. The van der Waals surface area contributed by atoms with E-state index in [-0.39, 0.29) is 41.1 Å². The van der Waals surface area contributed by atoms with Crippen LogP contribution in [-0.2, 0) is 24.5 Å². The third kappa shape index (κ3) is 4.63. The number of nitrogens with zero attached hydrogens (tertiary/aromatic N) is 4. The molecule has 7 nitrogen and oxygen atoms in total. The van der Waals surface area contributed by atoms with Crippen molar-refractivity contribution in [1.29, 1.82) is 0 Å². The van der Waals surface area contributed by atoms with Crippen LogP contribution in [0.2, 0.25) is 0 Å². The van der Waals surface area contributed by atoms with Gasteiger partial charge >= 0.3 is 6.18 Å². The van der Waals surface area contributed by atoms with Gasteiger partial charge in [0.05, 0.1) is 31.2 Å². The van der Waals surface area contributed by atoms with Gasteiger partial charge in [-0.15, -0.1) is 10.2 Å². The van der Waals surface area contributed by atoms with Crippen molar-refractivity contribution in [2.45, 2.75) is 63.3 Å². The maximum atomic E-state index is 14.3. The fraction of sp³-hybridized carbons (Fsp3) is 0.483. The highest BCUT2D eigenvalue weighted by Crippen LogP contribution is 2.42. The number of rotatable bonds is 7. The first-order valence-electron chi connectivity index (χ1n) is 13.4. The minimum Gasteiger partial charge on any atom is -0.381 e. The SMILES string of the molecule is C[C@H](NC1(C)CCC1)c1cc2c(c(C(F)(F)F)c1)CN(c1cccc([C@@H](c3nncn3C)C3COC3)c1)C2=O. The Kier molecular flexibility index (Phi) is 6.30. The first-order chi connectivity index (χ1) is 18.5. The predicted octanol–water partition coefficient (Wildman–Crippen LogP) is 5.37. The van der Waals surface area contributed by atoms with Gasteiger partial charge in [-0.2, -0.15) is 13.2 Å². The zero-order valence-electron chi connectivity index (χ0n) is 22.3. The van der Waals surface area contributed by atoms with Gasteiger partial charge in [-0.05, 0) is 74.1 Å². The molecule has 0 radical (unpaired) electrons. The molecule has 2 aromatic carbocycles. The number of amides is 1. The van der Waals surface area contributed by atoms with E-state index < -0.39 is 17.6 Å². The summed E-state index contributed by atoms with van der Waals surface area (Å²) in [5.41, 5.74) is 1.28. The molecular formula is C29H32F3N5O2. The summed E-state index contributed by atoms with van der Waals surface area (Å²) in [6.45, 7) is 4.99. The van der Waals surface area contributed by atoms with Gasteiger partial charge in [-0.3, -0.25) is 4.79 Å². The van der Waals surface area contributed by atoms with Crippen molar-refractivity contribution in [3.63, 3.8) is 0 Å². The van der Waals surface area contributed by atoms with Gasteiger partial charge < -0.3 is 19.5 Å². The average Bonchev–Trinajstić information content (AvgIpc) is 3.41. The van der Waals surface area contributed by atoms with Crippen LogP contribution >= 0.6 is 0 Å². The minimum atomic E-state index is -4.57. The fourth-order valence-corrected chi connectivity index (χ4v) is 6.14. The molecule has 3 heterocycles. The predicted molar refractivity (Wildman–Crippen MR) is 139 cm³/mol. The van der Waals surface area contributed by atoms with E-state index in [1.807, 2.05) is 36.7 Å². The monoisotopic (exact) mass is 539 g/mol. The number of nitrogens with one attached hydrogen (secondary N) is 1. The third-order valence-electron chi connectivity index (χ3n) is 8.59. The first-order valence-corrected chi connectivity index (χ1v) is 13.4. The van der Waals surface area contributed by atoms with Crippen LogP contribution in [0.15, 0.2) is 42.7 Å². The lowest BCUT2D eigenvalue weighted by molar-refractivity contribution is -0.138. The molecular weight excluding hydrogens is 507 g/mol. The fourth-order valence-electron chi connectivity index (χ4n) is 6.14. The summed E-state index contributed by atoms with van der Waals surface area (Å²) < 4.78 is 50.2. The molecule has 2 aliphatic heterocycles. The van der Waals surface area contributed by atoms with Crippen LogP contribution in [0, 0.1) is 5.92 Å². The Bertz CT molecular complexity index is 1410. The summed E-state index contributed by atoms with van der Waals surface area (Å²) in [7, 11) is 1.88. The summed E-state index contributed by atoms with van der Waals surface area (Å²) in [5.74, 6) is 0.449. The Hall–Kier alpha value is -3.24. The lowest BCUT2D eigenvalue weighted by atomic mass is 9.77. The number of alkyl halides is 3. The highest BCUT2D eigenvalue weighted by molar-refractivity contribution is 6.10. The molecule has 3 aliphatic rings. The van der Waals surface area contributed by atoms with Gasteiger partial charge in [0, 0.05) is 35.8 Å². The quantitative estimate of drug-likeness (QED) is 0.437. The molecule has 1 aromatic heterocycles. The van der Waals surface area contributed by atoms with Crippen LogP contribution in [-0.4, -0.2) is 39.4 Å². The van der Waals surface area contributed by atoms with Crippen LogP contribution < -0.4 is 10.2 Å². The largest absolute Gasteiger partial charge is 0.416 e. The molecule has 206 valence electrons. The summed E-state index contributed by atoms with van der Waals surface area (Å²) in [5, 5.41) is 11.8. The number of aromatic nitrogens is 3. The Balaban J connectivity index is 1.35. The molecule has 1 saturated carbocycles. The van der Waals surface area contributed by atoms with E-state index in [4.69, 9.17) is 4.74 Å². The maximum absolute atomic E-state index is 14.3. The van der Waals surface area contributed by atoms with Gasteiger partial charge in [-0.25, -0.2) is 0 Å². The van der Waals surface area contributed by atoms with Crippen LogP contribution in [0.25, 0.3) is 0 Å². The highest BCUT2D eigenvalue weighted by Gasteiger charge is 2.42. The van der Waals surface area contributed by atoms with E-state index in [1.54, 1.807) is 18.5 Å². The Morgan fingerprint density at radius 2 is 1.92 bits per heavy atom. The zero-order valence-corrected chi connectivity index (χ0v) is 22.3. The van der Waals surface area contributed by atoms with Gasteiger partial charge in [0.25, 0.3) is 5.91 Å². The number of fused-ring (bicyclic) bond motifs is 1. The van der Waals surface area contributed by atoms with E-state index >= 15 is 0 Å². The number of anilines is 1. The van der Waals surface area contributed by atoms with E-state index in [0.29, 0.717) is 24.5 Å².